The molecule has 2 N–H and O–H groups in total. The van der Waals surface area contributed by atoms with Gasteiger partial charge in [-0.25, -0.2) is 0 Å². The normalized spacial score (nSPS) is 19.4. The van der Waals surface area contributed by atoms with E-state index >= 15 is 0 Å². The Labute approximate surface area is 82.5 Å². The van der Waals surface area contributed by atoms with Crippen molar-refractivity contribution in [3.63, 3.8) is 0 Å². The number of rotatable bonds is 7. The van der Waals surface area contributed by atoms with Crippen LogP contribution in [0.1, 0.15) is 39.5 Å². The summed E-state index contributed by atoms with van der Waals surface area (Å²) in [5.41, 5.74) is 5.64. The molecule has 0 spiro atoms. The molecule has 1 rings (SSSR count). The van der Waals surface area contributed by atoms with Crippen LogP contribution in [-0.4, -0.2) is 30.6 Å². The third kappa shape index (κ3) is 4.10. The van der Waals surface area contributed by atoms with Crippen LogP contribution in [0.25, 0.3) is 0 Å². The van der Waals surface area contributed by atoms with E-state index in [1.807, 2.05) is 0 Å². The van der Waals surface area contributed by atoms with Gasteiger partial charge in [0.05, 0.1) is 0 Å². The Bertz CT molecular complexity index is 132. The van der Waals surface area contributed by atoms with Gasteiger partial charge in [0.15, 0.2) is 0 Å². The van der Waals surface area contributed by atoms with E-state index in [1.54, 1.807) is 0 Å². The minimum atomic E-state index is 0.664. The van der Waals surface area contributed by atoms with E-state index in [2.05, 4.69) is 18.7 Å². The summed E-state index contributed by atoms with van der Waals surface area (Å²) in [6.45, 7) is 7.83. The summed E-state index contributed by atoms with van der Waals surface area (Å²) >= 11 is 0. The fraction of sp³-hybridized carbons (Fsp3) is 1.00. The second-order valence-corrected chi connectivity index (χ2v) is 4.42. The molecule has 1 saturated carbocycles. The van der Waals surface area contributed by atoms with Crippen molar-refractivity contribution in [1.29, 1.82) is 0 Å². The molecule has 1 aliphatic carbocycles. The average Bonchev–Trinajstić information content (AvgIpc) is 2.94. The molecule has 0 bridgehead atoms. The lowest BCUT2D eigenvalue weighted by atomic mass is 10.1. The van der Waals surface area contributed by atoms with Crippen molar-refractivity contribution in [2.75, 3.05) is 19.6 Å². The highest BCUT2D eigenvalue weighted by molar-refractivity contribution is 4.85. The lowest BCUT2D eigenvalue weighted by Gasteiger charge is -2.24. The van der Waals surface area contributed by atoms with Crippen LogP contribution in [0.3, 0.4) is 0 Å². The summed E-state index contributed by atoms with van der Waals surface area (Å²) in [5, 5.41) is 0. The van der Waals surface area contributed by atoms with Crippen LogP contribution in [0.15, 0.2) is 0 Å². The number of hydrogen-bond acceptors (Lipinski definition) is 2. The zero-order chi connectivity index (χ0) is 9.68. The predicted octanol–water partition coefficient (Wildman–Crippen LogP) is 1.85. The summed E-state index contributed by atoms with van der Waals surface area (Å²) in [5.74, 6) is 0.664. The van der Waals surface area contributed by atoms with Crippen molar-refractivity contribution in [3.8, 4) is 0 Å². The Morgan fingerprint density at radius 1 is 1.46 bits per heavy atom. The molecule has 2 nitrogen and oxygen atoms in total. The maximum atomic E-state index is 5.64. The predicted molar refractivity (Wildman–Crippen MR) is 57.7 cm³/mol. The number of unbranched alkanes of at least 4 members (excludes halogenated alkanes) is 1. The quantitative estimate of drug-likeness (QED) is 0.654. The van der Waals surface area contributed by atoms with Gasteiger partial charge in [0.1, 0.15) is 0 Å². The van der Waals surface area contributed by atoms with E-state index < -0.39 is 0 Å². The standard InChI is InChI=1S/C11H24N2/c1-3-4-7-13(11-5-6-11)9-10(2)8-12/h10-11H,3-9,12H2,1-2H3. The summed E-state index contributed by atoms with van der Waals surface area (Å²) in [6.07, 6.45) is 5.48. The van der Waals surface area contributed by atoms with Gasteiger partial charge >= 0.3 is 0 Å². The van der Waals surface area contributed by atoms with Crippen molar-refractivity contribution in [3.05, 3.63) is 0 Å². The maximum absolute atomic E-state index is 5.64. The molecule has 0 heterocycles. The maximum Gasteiger partial charge on any atom is 0.00965 e. The molecule has 0 aromatic rings. The number of nitrogens with zero attached hydrogens (tertiary/aromatic N) is 1. The SMILES string of the molecule is CCCCN(CC(C)CN)C1CC1. The summed E-state index contributed by atoms with van der Waals surface area (Å²) in [6, 6.07) is 0.903. The Morgan fingerprint density at radius 3 is 2.62 bits per heavy atom. The van der Waals surface area contributed by atoms with Gasteiger partial charge in [-0.1, -0.05) is 20.3 Å². The van der Waals surface area contributed by atoms with Crippen molar-refractivity contribution >= 4 is 0 Å². The Balaban J connectivity index is 2.20. The molecule has 78 valence electrons. The summed E-state index contributed by atoms with van der Waals surface area (Å²) < 4.78 is 0. The zero-order valence-corrected chi connectivity index (χ0v) is 9.13. The van der Waals surface area contributed by atoms with Crippen LogP contribution in [0.4, 0.5) is 0 Å². The van der Waals surface area contributed by atoms with E-state index in [0.29, 0.717) is 5.92 Å². The molecule has 1 fully saturated rings. The Morgan fingerprint density at radius 2 is 2.15 bits per heavy atom. The van der Waals surface area contributed by atoms with Gasteiger partial charge in [0, 0.05) is 12.6 Å². The van der Waals surface area contributed by atoms with E-state index in [9.17, 15) is 0 Å². The molecule has 13 heavy (non-hydrogen) atoms. The van der Waals surface area contributed by atoms with Crippen molar-refractivity contribution in [2.24, 2.45) is 11.7 Å². The zero-order valence-electron chi connectivity index (χ0n) is 9.13. The smallest absolute Gasteiger partial charge is 0.00965 e. The van der Waals surface area contributed by atoms with Gasteiger partial charge in [-0.05, 0) is 38.3 Å². The minimum absolute atomic E-state index is 0.664. The Hall–Kier alpha value is -0.0800. The van der Waals surface area contributed by atoms with Crippen LogP contribution in [0.2, 0.25) is 0 Å². The molecule has 2 heteroatoms. The second-order valence-electron chi connectivity index (χ2n) is 4.42. The largest absolute Gasteiger partial charge is 0.330 e. The lowest BCUT2D eigenvalue weighted by Crippen LogP contribution is -2.34. The van der Waals surface area contributed by atoms with Crippen LogP contribution < -0.4 is 5.73 Å². The van der Waals surface area contributed by atoms with Gasteiger partial charge in [-0.2, -0.15) is 0 Å². The first-order valence-electron chi connectivity index (χ1n) is 5.72. The van der Waals surface area contributed by atoms with Crippen LogP contribution in [-0.2, 0) is 0 Å². The molecule has 0 aromatic heterocycles. The third-order valence-electron chi connectivity index (χ3n) is 2.81. The van der Waals surface area contributed by atoms with E-state index in [-0.39, 0.29) is 0 Å². The molecule has 0 saturated heterocycles. The molecular weight excluding hydrogens is 160 g/mol. The topological polar surface area (TPSA) is 29.3 Å². The molecule has 0 aromatic carbocycles. The van der Waals surface area contributed by atoms with Gasteiger partial charge in [0.25, 0.3) is 0 Å². The van der Waals surface area contributed by atoms with Crippen LogP contribution in [0.5, 0.6) is 0 Å². The van der Waals surface area contributed by atoms with Gasteiger partial charge in [-0.3, -0.25) is 0 Å². The van der Waals surface area contributed by atoms with Crippen LogP contribution in [0, 0.1) is 5.92 Å². The second kappa shape index (κ2) is 5.61. The molecule has 1 unspecified atom stereocenters. The highest BCUT2D eigenvalue weighted by Crippen LogP contribution is 2.27. The first kappa shape index (κ1) is 11.0. The van der Waals surface area contributed by atoms with Gasteiger partial charge < -0.3 is 10.6 Å². The van der Waals surface area contributed by atoms with E-state index in [0.717, 1.165) is 12.6 Å². The monoisotopic (exact) mass is 184 g/mol. The van der Waals surface area contributed by atoms with E-state index in [4.69, 9.17) is 5.73 Å². The highest BCUT2D eigenvalue weighted by Gasteiger charge is 2.28. The molecule has 0 amide bonds. The first-order chi connectivity index (χ1) is 6.27. The van der Waals surface area contributed by atoms with Gasteiger partial charge in [0.2, 0.25) is 0 Å². The molecule has 0 aliphatic heterocycles. The number of nitrogens with two attached hydrogens (primary N) is 1. The molecule has 1 atom stereocenters. The van der Waals surface area contributed by atoms with E-state index in [1.165, 1.54) is 38.8 Å². The minimum Gasteiger partial charge on any atom is -0.330 e. The molecule has 1 aliphatic rings. The number of hydrogen-bond donors (Lipinski definition) is 1. The molecule has 0 radical (unpaired) electrons. The average molecular weight is 184 g/mol. The highest BCUT2D eigenvalue weighted by atomic mass is 15.2. The fourth-order valence-corrected chi connectivity index (χ4v) is 1.70. The lowest BCUT2D eigenvalue weighted by molar-refractivity contribution is 0.227. The van der Waals surface area contributed by atoms with Crippen LogP contribution >= 0.6 is 0 Å². The van der Waals surface area contributed by atoms with Crippen molar-refractivity contribution in [1.82, 2.24) is 4.90 Å². The third-order valence-corrected chi connectivity index (χ3v) is 2.81. The first-order valence-corrected chi connectivity index (χ1v) is 5.72. The van der Waals surface area contributed by atoms with Crippen molar-refractivity contribution < 1.29 is 0 Å². The Kier molecular flexibility index (Phi) is 4.74. The van der Waals surface area contributed by atoms with Gasteiger partial charge in [-0.15, -0.1) is 0 Å². The molecular formula is C11H24N2. The fourth-order valence-electron chi connectivity index (χ4n) is 1.70. The summed E-state index contributed by atoms with van der Waals surface area (Å²) in [7, 11) is 0. The van der Waals surface area contributed by atoms with Crippen molar-refractivity contribution in [2.45, 2.75) is 45.6 Å². The summed E-state index contributed by atoms with van der Waals surface area (Å²) in [4.78, 5) is 2.64.